The number of anilines is 1. The lowest BCUT2D eigenvalue weighted by atomic mass is 10.1. The highest BCUT2D eigenvalue weighted by atomic mass is 32.2. The molecule has 0 unspecified atom stereocenters. The summed E-state index contributed by atoms with van der Waals surface area (Å²) in [5.41, 5.74) is 4.03. The lowest BCUT2D eigenvalue weighted by Gasteiger charge is -2.07. The predicted molar refractivity (Wildman–Crippen MR) is 117 cm³/mol. The van der Waals surface area contributed by atoms with Gasteiger partial charge in [-0.2, -0.15) is 0 Å². The van der Waals surface area contributed by atoms with E-state index in [-0.39, 0.29) is 17.4 Å². The fraction of sp³-hybridized carbons (Fsp3) is 0.217. The van der Waals surface area contributed by atoms with Crippen LogP contribution in [0, 0.1) is 6.92 Å². The number of thioether (sulfide) groups is 1. The summed E-state index contributed by atoms with van der Waals surface area (Å²) in [7, 11) is 0. The van der Waals surface area contributed by atoms with Crippen molar-refractivity contribution in [2.45, 2.75) is 31.8 Å². The molecule has 0 radical (unpaired) electrons. The third-order valence-corrected chi connectivity index (χ3v) is 5.05. The maximum absolute atomic E-state index is 12.5. The van der Waals surface area contributed by atoms with E-state index in [1.54, 1.807) is 24.3 Å². The van der Waals surface area contributed by atoms with Gasteiger partial charge in [-0.15, -0.1) is 0 Å². The maximum atomic E-state index is 12.5. The van der Waals surface area contributed by atoms with E-state index in [2.05, 4.69) is 15.3 Å². The summed E-state index contributed by atoms with van der Waals surface area (Å²) in [6, 6.07) is 18.8. The molecule has 148 valence electrons. The van der Waals surface area contributed by atoms with Crippen molar-refractivity contribution in [3.63, 3.8) is 0 Å². The monoisotopic (exact) mass is 405 g/mol. The van der Waals surface area contributed by atoms with Crippen LogP contribution in [0.2, 0.25) is 0 Å². The lowest BCUT2D eigenvalue weighted by Crippen LogP contribution is -2.11. The van der Waals surface area contributed by atoms with Crippen LogP contribution in [0.5, 0.6) is 0 Å². The highest BCUT2D eigenvalue weighted by Crippen LogP contribution is 2.22. The van der Waals surface area contributed by atoms with Gasteiger partial charge in [-0.05, 0) is 43.7 Å². The van der Waals surface area contributed by atoms with Gasteiger partial charge in [0.15, 0.2) is 10.9 Å². The molecule has 3 aromatic rings. The number of aryl methyl sites for hydroxylation is 1. The van der Waals surface area contributed by atoms with E-state index in [0.717, 1.165) is 23.4 Å². The molecule has 0 saturated heterocycles. The minimum absolute atomic E-state index is 0.00666. The Balaban J connectivity index is 1.63. The fourth-order valence-electron chi connectivity index (χ4n) is 2.77. The van der Waals surface area contributed by atoms with Crippen LogP contribution >= 0.6 is 11.8 Å². The molecule has 0 aliphatic carbocycles. The number of benzene rings is 2. The minimum Gasteiger partial charge on any atom is -0.326 e. The predicted octanol–water partition coefficient (Wildman–Crippen LogP) is 5.17. The van der Waals surface area contributed by atoms with E-state index in [4.69, 9.17) is 0 Å². The van der Waals surface area contributed by atoms with Crippen LogP contribution in [-0.2, 0) is 4.79 Å². The number of aromatic nitrogens is 2. The SMILES string of the molecule is CCCC(=O)Nc1ccc(C(=O)CSc2nc(C)cc(-c3ccccc3)n2)cc1. The van der Waals surface area contributed by atoms with Gasteiger partial charge in [-0.1, -0.05) is 49.0 Å². The van der Waals surface area contributed by atoms with E-state index in [1.165, 1.54) is 11.8 Å². The van der Waals surface area contributed by atoms with Gasteiger partial charge in [0.2, 0.25) is 5.91 Å². The van der Waals surface area contributed by atoms with Crippen molar-refractivity contribution in [1.82, 2.24) is 9.97 Å². The first-order valence-electron chi connectivity index (χ1n) is 9.52. The number of ketones is 1. The quantitative estimate of drug-likeness (QED) is 0.318. The summed E-state index contributed by atoms with van der Waals surface area (Å²) in [6.45, 7) is 3.88. The Bertz CT molecular complexity index is 989. The van der Waals surface area contributed by atoms with E-state index in [1.807, 2.05) is 50.2 Å². The van der Waals surface area contributed by atoms with Crippen molar-refractivity contribution in [1.29, 1.82) is 0 Å². The zero-order valence-corrected chi connectivity index (χ0v) is 17.3. The zero-order valence-electron chi connectivity index (χ0n) is 16.5. The largest absolute Gasteiger partial charge is 0.326 e. The van der Waals surface area contributed by atoms with Crippen molar-refractivity contribution in [2.75, 3.05) is 11.1 Å². The van der Waals surface area contributed by atoms with Crippen LogP contribution in [0.4, 0.5) is 5.69 Å². The topological polar surface area (TPSA) is 72.0 Å². The average molecular weight is 406 g/mol. The smallest absolute Gasteiger partial charge is 0.224 e. The Kier molecular flexibility index (Phi) is 7.14. The van der Waals surface area contributed by atoms with Gasteiger partial charge in [0.25, 0.3) is 0 Å². The molecule has 5 nitrogen and oxygen atoms in total. The molecule has 1 N–H and O–H groups in total. The van der Waals surface area contributed by atoms with Crippen LogP contribution in [0.25, 0.3) is 11.3 Å². The van der Waals surface area contributed by atoms with Crippen LogP contribution in [0.1, 0.15) is 35.8 Å². The fourth-order valence-corrected chi connectivity index (χ4v) is 3.56. The molecule has 1 aromatic heterocycles. The van der Waals surface area contributed by atoms with Crippen molar-refractivity contribution in [3.05, 3.63) is 71.9 Å². The standard InChI is InChI=1S/C23H23N3O2S/c1-3-7-22(28)25-19-12-10-18(11-13-19)21(27)15-29-23-24-16(2)14-20(26-23)17-8-5-4-6-9-17/h4-6,8-14H,3,7,15H2,1-2H3,(H,25,28). The first-order valence-corrected chi connectivity index (χ1v) is 10.5. The molecule has 0 aliphatic heterocycles. The van der Waals surface area contributed by atoms with Crippen molar-refractivity contribution in [2.24, 2.45) is 0 Å². The lowest BCUT2D eigenvalue weighted by molar-refractivity contribution is -0.116. The molecule has 0 saturated carbocycles. The molecule has 0 fully saturated rings. The molecular weight excluding hydrogens is 382 g/mol. The first kappa shape index (κ1) is 20.7. The summed E-state index contributed by atoms with van der Waals surface area (Å²) < 4.78 is 0. The first-order chi connectivity index (χ1) is 14.0. The summed E-state index contributed by atoms with van der Waals surface area (Å²) in [4.78, 5) is 33.2. The highest BCUT2D eigenvalue weighted by molar-refractivity contribution is 7.99. The number of nitrogens with one attached hydrogen (secondary N) is 1. The number of amides is 1. The molecule has 0 atom stereocenters. The van der Waals surface area contributed by atoms with E-state index >= 15 is 0 Å². The summed E-state index contributed by atoms with van der Waals surface area (Å²) >= 11 is 1.33. The summed E-state index contributed by atoms with van der Waals surface area (Å²) in [5.74, 6) is 0.222. The Hall–Kier alpha value is -2.99. The second-order valence-corrected chi connectivity index (χ2v) is 7.57. The number of Topliss-reactive ketones (excluding diaryl/α,β-unsaturated/α-hetero) is 1. The van der Waals surface area contributed by atoms with Gasteiger partial charge in [0.1, 0.15) is 0 Å². The Morgan fingerprint density at radius 3 is 2.41 bits per heavy atom. The Labute approximate surface area is 175 Å². The number of hydrogen-bond acceptors (Lipinski definition) is 5. The molecule has 0 bridgehead atoms. The molecule has 6 heteroatoms. The second-order valence-electron chi connectivity index (χ2n) is 6.63. The molecule has 1 heterocycles. The maximum Gasteiger partial charge on any atom is 0.224 e. The molecule has 2 aromatic carbocycles. The van der Waals surface area contributed by atoms with E-state index in [0.29, 0.717) is 22.8 Å². The van der Waals surface area contributed by atoms with Gasteiger partial charge >= 0.3 is 0 Å². The average Bonchev–Trinajstić information content (AvgIpc) is 2.73. The van der Waals surface area contributed by atoms with Crippen LogP contribution in [0.3, 0.4) is 0 Å². The van der Waals surface area contributed by atoms with Gasteiger partial charge in [0.05, 0.1) is 11.4 Å². The van der Waals surface area contributed by atoms with Crippen LogP contribution < -0.4 is 5.32 Å². The molecule has 1 amide bonds. The number of carbonyl (C=O) groups excluding carboxylic acids is 2. The molecule has 29 heavy (non-hydrogen) atoms. The van der Waals surface area contributed by atoms with Gasteiger partial charge in [0, 0.05) is 28.9 Å². The van der Waals surface area contributed by atoms with Crippen molar-refractivity contribution in [3.8, 4) is 11.3 Å². The van der Waals surface area contributed by atoms with E-state index < -0.39 is 0 Å². The highest BCUT2D eigenvalue weighted by Gasteiger charge is 2.11. The minimum atomic E-state index is -0.0204. The second kappa shape index (κ2) is 9.98. The third kappa shape index (κ3) is 5.99. The van der Waals surface area contributed by atoms with Gasteiger partial charge in [-0.3, -0.25) is 9.59 Å². The van der Waals surface area contributed by atoms with Crippen LogP contribution in [-0.4, -0.2) is 27.4 Å². The number of carbonyl (C=O) groups is 2. The number of rotatable bonds is 8. The van der Waals surface area contributed by atoms with Gasteiger partial charge < -0.3 is 5.32 Å². The molecule has 3 rings (SSSR count). The Morgan fingerprint density at radius 1 is 1.00 bits per heavy atom. The molecule has 0 aliphatic rings. The third-order valence-electron chi connectivity index (χ3n) is 4.20. The van der Waals surface area contributed by atoms with E-state index in [9.17, 15) is 9.59 Å². The van der Waals surface area contributed by atoms with Gasteiger partial charge in [-0.25, -0.2) is 9.97 Å². The number of hydrogen-bond donors (Lipinski definition) is 1. The normalized spacial score (nSPS) is 10.6. The Morgan fingerprint density at radius 2 is 1.72 bits per heavy atom. The van der Waals surface area contributed by atoms with Crippen LogP contribution in [0.15, 0.2) is 65.8 Å². The van der Waals surface area contributed by atoms with Crippen molar-refractivity contribution >= 4 is 29.1 Å². The number of nitrogens with zero attached hydrogens (tertiary/aromatic N) is 2. The molecule has 0 spiro atoms. The summed E-state index contributed by atoms with van der Waals surface area (Å²) in [5, 5.41) is 3.40. The van der Waals surface area contributed by atoms with Crippen molar-refractivity contribution < 1.29 is 9.59 Å². The molecular formula is C23H23N3O2S. The zero-order chi connectivity index (χ0) is 20.6. The summed E-state index contributed by atoms with van der Waals surface area (Å²) in [6.07, 6.45) is 1.28.